The van der Waals surface area contributed by atoms with Gasteiger partial charge in [-0.3, -0.25) is 9.59 Å². The fourth-order valence-corrected chi connectivity index (χ4v) is 2.60. The first kappa shape index (κ1) is 14.5. The highest BCUT2D eigenvalue weighted by molar-refractivity contribution is 6.02. The Kier molecular flexibility index (Phi) is 3.54. The fraction of sp³-hybridized carbons (Fsp3) is 0.429. The molecule has 0 heterocycles. The number of Topliss-reactive ketones (excluding diaryl/α,β-unsaturated/α-hetero) is 2. The van der Waals surface area contributed by atoms with Gasteiger partial charge in [0.05, 0.1) is 12.7 Å². The Hall–Kier alpha value is -1.92. The van der Waals surface area contributed by atoms with E-state index in [1.165, 1.54) is 26.2 Å². The normalized spacial score (nSPS) is 25.2. The number of carbonyl (C=O) groups is 2. The summed E-state index contributed by atoms with van der Waals surface area (Å²) in [7, 11) is 1.37. The summed E-state index contributed by atoms with van der Waals surface area (Å²) in [6, 6.07) is 2.64. The Balaban J connectivity index is 2.57. The van der Waals surface area contributed by atoms with E-state index in [0.29, 0.717) is 0 Å². The molecular weight excluding hydrogens is 264 g/mol. The monoisotopic (exact) mass is 280 g/mol. The number of aliphatic hydroxyl groups is 2. The Morgan fingerprint density at radius 1 is 1.50 bits per heavy atom. The van der Waals surface area contributed by atoms with Crippen molar-refractivity contribution in [1.29, 1.82) is 0 Å². The maximum atomic E-state index is 12.1. The summed E-state index contributed by atoms with van der Waals surface area (Å²) < 4.78 is 4.96. The molecule has 0 saturated carbocycles. The smallest absolute Gasteiger partial charge is 0.169 e. The molecule has 0 aromatic heterocycles. The Labute approximate surface area is 115 Å². The number of methoxy groups -OCH3 is 1. The Bertz CT molecular complexity index is 579. The Morgan fingerprint density at radius 2 is 2.15 bits per heavy atom. The van der Waals surface area contributed by atoms with E-state index in [-0.39, 0.29) is 34.8 Å². The van der Waals surface area contributed by atoms with Gasteiger partial charge >= 0.3 is 0 Å². The second-order valence-corrected chi connectivity index (χ2v) is 5.10. The maximum Gasteiger partial charge on any atom is 0.169 e. The van der Waals surface area contributed by atoms with Crippen LogP contribution in [-0.4, -0.2) is 39.6 Å². The summed E-state index contributed by atoms with van der Waals surface area (Å²) in [5.74, 6) is -0.919. The molecule has 3 N–H and O–H groups in total. The van der Waals surface area contributed by atoms with E-state index in [4.69, 9.17) is 4.74 Å². The number of ether oxygens (including phenoxy) is 1. The first-order chi connectivity index (χ1) is 9.28. The van der Waals surface area contributed by atoms with Crippen LogP contribution in [0, 0.1) is 0 Å². The molecule has 0 amide bonds. The minimum absolute atomic E-state index is 0.0356. The van der Waals surface area contributed by atoms with Crippen LogP contribution >= 0.6 is 0 Å². The number of ketones is 2. The summed E-state index contributed by atoms with van der Waals surface area (Å²) in [6.07, 6.45) is -2.20. The molecule has 1 aromatic rings. The van der Waals surface area contributed by atoms with Crippen LogP contribution in [0.1, 0.15) is 41.8 Å². The molecule has 1 aliphatic carbocycles. The van der Waals surface area contributed by atoms with E-state index in [0.717, 1.165) is 0 Å². The van der Waals surface area contributed by atoms with Gasteiger partial charge in [0.1, 0.15) is 29.0 Å². The number of phenolic OH excluding ortho intramolecular Hbond substituents is 1. The van der Waals surface area contributed by atoms with Crippen molar-refractivity contribution < 1.29 is 29.6 Å². The number of benzene rings is 1. The minimum atomic E-state index is -1.85. The van der Waals surface area contributed by atoms with Crippen LogP contribution in [0.2, 0.25) is 0 Å². The molecule has 108 valence electrons. The zero-order chi connectivity index (χ0) is 15.1. The zero-order valence-corrected chi connectivity index (χ0v) is 11.2. The standard InChI is InChI=1S/C14H16O6/c1-7(15)5-14(19)6-11(17)12-9(13(14)18)3-8(20-2)4-10(12)16/h3-4,13,16,18-19H,5-6H2,1-2H3/t13-,14-/m0/s1. The fourth-order valence-electron chi connectivity index (χ4n) is 2.60. The van der Waals surface area contributed by atoms with E-state index < -0.39 is 23.9 Å². The second-order valence-electron chi connectivity index (χ2n) is 5.10. The van der Waals surface area contributed by atoms with Crippen LogP contribution in [0.15, 0.2) is 12.1 Å². The third-order valence-electron chi connectivity index (χ3n) is 3.46. The van der Waals surface area contributed by atoms with Crippen molar-refractivity contribution in [2.24, 2.45) is 0 Å². The third-order valence-corrected chi connectivity index (χ3v) is 3.46. The molecule has 2 rings (SSSR count). The molecule has 1 aromatic carbocycles. The molecule has 20 heavy (non-hydrogen) atoms. The number of hydrogen-bond acceptors (Lipinski definition) is 6. The molecule has 6 nitrogen and oxygen atoms in total. The molecule has 0 aliphatic heterocycles. The highest BCUT2D eigenvalue weighted by Crippen LogP contribution is 2.44. The van der Waals surface area contributed by atoms with Gasteiger partial charge in [-0.1, -0.05) is 0 Å². The molecule has 1 aliphatic rings. The molecule has 2 atom stereocenters. The lowest BCUT2D eigenvalue weighted by Gasteiger charge is -2.37. The second kappa shape index (κ2) is 4.88. The first-order valence-electron chi connectivity index (χ1n) is 6.12. The number of aliphatic hydroxyl groups excluding tert-OH is 1. The highest BCUT2D eigenvalue weighted by atomic mass is 16.5. The van der Waals surface area contributed by atoms with Crippen molar-refractivity contribution in [3.63, 3.8) is 0 Å². The van der Waals surface area contributed by atoms with E-state index >= 15 is 0 Å². The van der Waals surface area contributed by atoms with Gasteiger partial charge in [0, 0.05) is 24.5 Å². The van der Waals surface area contributed by atoms with Crippen molar-refractivity contribution in [3.8, 4) is 11.5 Å². The number of carbonyl (C=O) groups excluding carboxylic acids is 2. The number of rotatable bonds is 3. The molecule has 0 spiro atoms. The van der Waals surface area contributed by atoms with Crippen molar-refractivity contribution in [3.05, 3.63) is 23.3 Å². The van der Waals surface area contributed by atoms with Gasteiger partial charge in [0.2, 0.25) is 0 Å². The van der Waals surface area contributed by atoms with Crippen molar-refractivity contribution in [2.45, 2.75) is 31.5 Å². The lowest BCUT2D eigenvalue weighted by Crippen LogP contribution is -2.44. The van der Waals surface area contributed by atoms with Crippen LogP contribution in [0.5, 0.6) is 11.5 Å². The topological polar surface area (TPSA) is 104 Å². The van der Waals surface area contributed by atoms with Gasteiger partial charge < -0.3 is 20.1 Å². The van der Waals surface area contributed by atoms with Gasteiger partial charge in [0.25, 0.3) is 0 Å². The lowest BCUT2D eigenvalue weighted by molar-refractivity contribution is -0.130. The summed E-state index contributed by atoms with van der Waals surface area (Å²) in [5.41, 5.74) is -1.82. The average molecular weight is 280 g/mol. The van der Waals surface area contributed by atoms with Gasteiger partial charge in [0.15, 0.2) is 5.78 Å². The molecule has 0 bridgehead atoms. The van der Waals surface area contributed by atoms with E-state index in [9.17, 15) is 24.9 Å². The van der Waals surface area contributed by atoms with E-state index in [1.54, 1.807) is 0 Å². The van der Waals surface area contributed by atoms with Gasteiger partial charge in [-0.05, 0) is 13.0 Å². The lowest BCUT2D eigenvalue weighted by atomic mass is 9.74. The number of hydrogen-bond donors (Lipinski definition) is 3. The SMILES string of the molecule is COc1cc(O)c2c(c1)[C@H](O)[C@](O)(CC(C)=O)CC2=O. The molecule has 6 heteroatoms. The van der Waals surface area contributed by atoms with Crippen molar-refractivity contribution in [1.82, 2.24) is 0 Å². The third kappa shape index (κ3) is 2.28. The maximum absolute atomic E-state index is 12.1. The zero-order valence-electron chi connectivity index (χ0n) is 11.2. The molecular formula is C14H16O6. The largest absolute Gasteiger partial charge is 0.507 e. The van der Waals surface area contributed by atoms with E-state index in [2.05, 4.69) is 0 Å². The predicted octanol–water partition coefficient (Wildman–Crippen LogP) is 0.731. The summed E-state index contributed by atoms with van der Waals surface area (Å²) in [4.78, 5) is 23.3. The van der Waals surface area contributed by atoms with E-state index in [1.807, 2.05) is 0 Å². The quantitative estimate of drug-likeness (QED) is 0.754. The van der Waals surface area contributed by atoms with Crippen molar-refractivity contribution >= 4 is 11.6 Å². The number of phenols is 1. The van der Waals surface area contributed by atoms with Crippen molar-refractivity contribution in [2.75, 3.05) is 7.11 Å². The van der Waals surface area contributed by atoms with Crippen LogP contribution in [0.4, 0.5) is 0 Å². The average Bonchev–Trinajstić information content (AvgIpc) is 2.33. The summed E-state index contributed by atoms with van der Waals surface area (Å²) >= 11 is 0. The Morgan fingerprint density at radius 3 is 2.70 bits per heavy atom. The van der Waals surface area contributed by atoms with Crippen LogP contribution in [0.25, 0.3) is 0 Å². The first-order valence-corrected chi connectivity index (χ1v) is 6.12. The van der Waals surface area contributed by atoms with Crippen LogP contribution in [0.3, 0.4) is 0 Å². The summed E-state index contributed by atoms with van der Waals surface area (Å²) in [6.45, 7) is 1.27. The van der Waals surface area contributed by atoms with Gasteiger partial charge in [-0.25, -0.2) is 0 Å². The number of fused-ring (bicyclic) bond motifs is 1. The van der Waals surface area contributed by atoms with Crippen LogP contribution in [-0.2, 0) is 4.79 Å². The number of aromatic hydroxyl groups is 1. The molecule has 0 saturated heterocycles. The predicted molar refractivity (Wildman–Crippen MR) is 68.8 cm³/mol. The minimum Gasteiger partial charge on any atom is -0.507 e. The summed E-state index contributed by atoms with van der Waals surface area (Å²) in [5, 5.41) is 30.5. The molecule has 0 fully saturated rings. The van der Waals surface area contributed by atoms with Gasteiger partial charge in [-0.15, -0.1) is 0 Å². The van der Waals surface area contributed by atoms with Crippen LogP contribution < -0.4 is 4.74 Å². The molecule has 0 radical (unpaired) electrons. The van der Waals surface area contributed by atoms with Gasteiger partial charge in [-0.2, -0.15) is 0 Å². The molecule has 0 unspecified atom stereocenters. The highest BCUT2D eigenvalue weighted by Gasteiger charge is 2.46.